The zero-order valence-corrected chi connectivity index (χ0v) is 10.4. The molecule has 1 fully saturated rings. The first-order valence-corrected chi connectivity index (χ1v) is 6.12. The molecule has 1 aliphatic rings. The third kappa shape index (κ3) is 2.85. The molecule has 17 heavy (non-hydrogen) atoms. The molecule has 0 unspecified atom stereocenters. The number of rotatable bonds is 7. The Balaban J connectivity index is 2.08. The van der Waals surface area contributed by atoms with Crippen LogP contribution < -0.4 is 10.1 Å². The van der Waals surface area contributed by atoms with Crippen molar-refractivity contribution in [2.75, 3.05) is 13.7 Å². The summed E-state index contributed by atoms with van der Waals surface area (Å²) in [6, 6.07) is 0.535. The zero-order valence-electron chi connectivity index (χ0n) is 10.4. The van der Waals surface area contributed by atoms with E-state index in [1.165, 1.54) is 12.8 Å². The first-order valence-electron chi connectivity index (χ1n) is 6.12. The van der Waals surface area contributed by atoms with Crippen molar-refractivity contribution in [3.63, 3.8) is 0 Å². The fraction of sp³-hybridized carbons (Fsp3) is 0.667. The Hall–Kier alpha value is -1.36. The molecule has 1 aromatic rings. The minimum Gasteiger partial charge on any atom is -0.493 e. The highest BCUT2D eigenvalue weighted by molar-refractivity contribution is 5.98. The van der Waals surface area contributed by atoms with Crippen LogP contribution in [0.5, 0.6) is 5.75 Å². The summed E-state index contributed by atoms with van der Waals surface area (Å²) in [5.41, 5.74) is 0.586. The summed E-state index contributed by atoms with van der Waals surface area (Å²) in [5, 5.41) is 7.40. The summed E-state index contributed by atoms with van der Waals surface area (Å²) >= 11 is 0. The second-order valence-electron chi connectivity index (χ2n) is 4.36. The lowest BCUT2D eigenvalue weighted by molar-refractivity contribution is 0.0977. The van der Waals surface area contributed by atoms with E-state index in [1.807, 2.05) is 0 Å². The van der Waals surface area contributed by atoms with Gasteiger partial charge in [0.25, 0.3) is 0 Å². The Labute approximate surface area is 101 Å². The molecule has 0 atom stereocenters. The van der Waals surface area contributed by atoms with E-state index in [0.29, 0.717) is 24.0 Å². The first kappa shape index (κ1) is 12.1. The third-order valence-electron chi connectivity index (χ3n) is 2.85. The van der Waals surface area contributed by atoms with Gasteiger partial charge in [0.15, 0.2) is 11.5 Å². The van der Waals surface area contributed by atoms with Crippen LogP contribution in [0.2, 0.25) is 0 Å². The average molecular weight is 237 g/mol. The molecule has 0 amide bonds. The van der Waals surface area contributed by atoms with Crippen LogP contribution >= 0.6 is 0 Å². The van der Waals surface area contributed by atoms with E-state index < -0.39 is 0 Å². The maximum atomic E-state index is 12.1. The second-order valence-corrected chi connectivity index (χ2v) is 4.36. The molecule has 0 bridgehead atoms. The number of methoxy groups -OCH3 is 1. The maximum absolute atomic E-state index is 12.1. The normalized spacial score (nSPS) is 14.9. The van der Waals surface area contributed by atoms with Crippen molar-refractivity contribution in [2.24, 2.45) is 0 Å². The Kier molecular flexibility index (Phi) is 3.78. The molecule has 0 radical (unpaired) electrons. The summed E-state index contributed by atoms with van der Waals surface area (Å²) in [6.45, 7) is 3.18. The van der Waals surface area contributed by atoms with Gasteiger partial charge in [0, 0.05) is 12.6 Å². The van der Waals surface area contributed by atoms with Crippen molar-refractivity contribution in [3.8, 4) is 5.75 Å². The molecule has 0 aromatic carbocycles. The summed E-state index contributed by atoms with van der Waals surface area (Å²) < 4.78 is 6.92. The minimum absolute atomic E-state index is 0.0553. The molecular weight excluding hydrogens is 218 g/mol. The van der Waals surface area contributed by atoms with Crippen molar-refractivity contribution in [1.29, 1.82) is 0 Å². The van der Waals surface area contributed by atoms with Crippen LogP contribution in [0.4, 0.5) is 0 Å². The lowest BCUT2D eigenvalue weighted by atomic mass is 10.2. The van der Waals surface area contributed by atoms with Gasteiger partial charge in [0.1, 0.15) is 5.69 Å². The van der Waals surface area contributed by atoms with Gasteiger partial charge in [0.2, 0.25) is 0 Å². The van der Waals surface area contributed by atoms with Crippen LogP contribution in [0.3, 0.4) is 0 Å². The molecular formula is C12H19N3O2. The van der Waals surface area contributed by atoms with E-state index in [0.717, 1.165) is 13.0 Å². The number of nitrogens with zero attached hydrogens (tertiary/aromatic N) is 2. The molecule has 5 heteroatoms. The van der Waals surface area contributed by atoms with Crippen LogP contribution in [0, 0.1) is 0 Å². The molecule has 1 aliphatic carbocycles. The number of ether oxygens (including phenoxy) is 1. The fourth-order valence-electron chi connectivity index (χ4n) is 1.79. The van der Waals surface area contributed by atoms with E-state index in [9.17, 15) is 4.79 Å². The third-order valence-corrected chi connectivity index (χ3v) is 2.85. The van der Waals surface area contributed by atoms with Gasteiger partial charge < -0.3 is 10.1 Å². The highest BCUT2D eigenvalue weighted by atomic mass is 16.5. The quantitative estimate of drug-likeness (QED) is 0.725. The minimum atomic E-state index is 0.0553. The fourth-order valence-corrected chi connectivity index (χ4v) is 1.79. The van der Waals surface area contributed by atoms with Gasteiger partial charge in [-0.1, -0.05) is 6.92 Å². The van der Waals surface area contributed by atoms with Crippen molar-refractivity contribution in [1.82, 2.24) is 15.1 Å². The number of carbonyl (C=O) groups is 1. The Morgan fingerprint density at radius 2 is 2.41 bits per heavy atom. The van der Waals surface area contributed by atoms with Gasteiger partial charge >= 0.3 is 0 Å². The number of Topliss-reactive ketones (excluding diaryl/α,β-unsaturated/α-hetero) is 1. The number of hydrogen-bond acceptors (Lipinski definition) is 4. The molecule has 1 heterocycles. The van der Waals surface area contributed by atoms with Crippen LogP contribution in [0.1, 0.15) is 36.7 Å². The molecule has 1 N–H and O–H groups in total. The van der Waals surface area contributed by atoms with E-state index in [-0.39, 0.29) is 5.78 Å². The lowest BCUT2D eigenvalue weighted by Crippen LogP contribution is -2.27. The summed E-state index contributed by atoms with van der Waals surface area (Å²) in [6.07, 6.45) is 4.92. The topological polar surface area (TPSA) is 56.2 Å². The summed E-state index contributed by atoms with van der Waals surface area (Å²) in [4.78, 5) is 12.1. The van der Waals surface area contributed by atoms with Gasteiger partial charge in [-0.3, -0.25) is 9.48 Å². The maximum Gasteiger partial charge on any atom is 0.198 e. The van der Waals surface area contributed by atoms with Gasteiger partial charge in [-0.05, 0) is 19.3 Å². The van der Waals surface area contributed by atoms with Crippen LogP contribution in [-0.2, 0) is 6.54 Å². The Morgan fingerprint density at radius 1 is 1.65 bits per heavy atom. The number of aromatic nitrogens is 2. The number of hydrogen-bond donors (Lipinski definition) is 1. The highest BCUT2D eigenvalue weighted by Gasteiger charge is 2.24. The SMILES string of the molecule is CCCn1ncc(OC)c1C(=O)CNC1CC1. The van der Waals surface area contributed by atoms with Gasteiger partial charge in [-0.25, -0.2) is 0 Å². The number of ketones is 1. The van der Waals surface area contributed by atoms with Crippen molar-refractivity contribution < 1.29 is 9.53 Å². The largest absolute Gasteiger partial charge is 0.493 e. The molecule has 1 aromatic heterocycles. The van der Waals surface area contributed by atoms with E-state index in [1.54, 1.807) is 18.0 Å². The number of carbonyl (C=O) groups excluding carboxylic acids is 1. The smallest absolute Gasteiger partial charge is 0.198 e. The summed E-state index contributed by atoms with van der Waals surface area (Å²) in [5.74, 6) is 0.626. The number of aryl methyl sites for hydroxylation is 1. The standard InChI is InChI=1S/C12H19N3O2/c1-3-6-15-12(11(17-2)8-14-15)10(16)7-13-9-4-5-9/h8-9,13H,3-7H2,1-2H3. The number of nitrogens with one attached hydrogen (secondary N) is 1. The van der Waals surface area contributed by atoms with Crippen molar-refractivity contribution >= 4 is 5.78 Å². The second kappa shape index (κ2) is 5.31. The van der Waals surface area contributed by atoms with Gasteiger partial charge in [-0.2, -0.15) is 5.10 Å². The van der Waals surface area contributed by atoms with Crippen molar-refractivity contribution in [2.45, 2.75) is 38.8 Å². The summed E-state index contributed by atoms with van der Waals surface area (Å²) in [7, 11) is 1.57. The molecule has 94 valence electrons. The van der Waals surface area contributed by atoms with Gasteiger partial charge in [0.05, 0.1) is 19.9 Å². The van der Waals surface area contributed by atoms with Crippen molar-refractivity contribution in [3.05, 3.63) is 11.9 Å². The average Bonchev–Trinajstić information content (AvgIpc) is 3.07. The molecule has 1 saturated carbocycles. The Bertz CT molecular complexity index is 396. The Morgan fingerprint density at radius 3 is 3.00 bits per heavy atom. The monoisotopic (exact) mass is 237 g/mol. The van der Waals surface area contributed by atoms with Crippen LogP contribution in [0.15, 0.2) is 6.20 Å². The first-order chi connectivity index (χ1) is 8.26. The lowest BCUT2D eigenvalue weighted by Gasteiger charge is -2.07. The zero-order chi connectivity index (χ0) is 12.3. The predicted octanol–water partition coefficient (Wildman–Crippen LogP) is 1.24. The molecule has 0 saturated heterocycles. The van der Waals surface area contributed by atoms with E-state index in [2.05, 4.69) is 17.3 Å². The van der Waals surface area contributed by atoms with E-state index in [4.69, 9.17) is 4.74 Å². The highest BCUT2D eigenvalue weighted by Crippen LogP contribution is 2.20. The van der Waals surface area contributed by atoms with Crippen LogP contribution in [-0.4, -0.2) is 35.3 Å². The predicted molar refractivity (Wildman–Crippen MR) is 64.4 cm³/mol. The molecule has 5 nitrogen and oxygen atoms in total. The van der Waals surface area contributed by atoms with Gasteiger partial charge in [-0.15, -0.1) is 0 Å². The molecule has 2 rings (SSSR count). The molecule has 0 aliphatic heterocycles. The van der Waals surface area contributed by atoms with Crippen LogP contribution in [0.25, 0.3) is 0 Å². The molecule has 0 spiro atoms. The van der Waals surface area contributed by atoms with E-state index >= 15 is 0 Å².